The summed E-state index contributed by atoms with van der Waals surface area (Å²) in [6.45, 7) is 9.84. The first-order valence-electron chi connectivity index (χ1n) is 16.3. The Morgan fingerprint density at radius 1 is 0.930 bits per heavy atom. The molecule has 43 heavy (non-hydrogen) atoms. The van der Waals surface area contributed by atoms with Crippen LogP contribution in [-0.4, -0.2) is 50.3 Å². The largest absolute Gasteiger partial charge is 0.493 e. The van der Waals surface area contributed by atoms with Crippen LogP contribution in [0.25, 0.3) is 0 Å². The van der Waals surface area contributed by atoms with E-state index in [-0.39, 0.29) is 5.91 Å². The van der Waals surface area contributed by atoms with E-state index >= 15 is 0 Å². The molecule has 3 aromatic carbocycles. The van der Waals surface area contributed by atoms with Crippen molar-refractivity contribution in [2.75, 3.05) is 39.5 Å². The van der Waals surface area contributed by atoms with Gasteiger partial charge in [-0.1, -0.05) is 30.3 Å². The van der Waals surface area contributed by atoms with Gasteiger partial charge >= 0.3 is 0 Å². The van der Waals surface area contributed by atoms with Crippen LogP contribution in [0.4, 0.5) is 0 Å². The Labute approximate surface area is 257 Å². The molecule has 1 fully saturated rings. The van der Waals surface area contributed by atoms with Crippen LogP contribution in [0, 0.1) is 5.92 Å². The van der Waals surface area contributed by atoms with Gasteiger partial charge in [-0.25, -0.2) is 0 Å². The lowest BCUT2D eigenvalue weighted by Gasteiger charge is -2.23. The zero-order chi connectivity index (χ0) is 29.9. The van der Waals surface area contributed by atoms with E-state index < -0.39 is 0 Å². The predicted molar refractivity (Wildman–Crippen MR) is 172 cm³/mol. The Balaban J connectivity index is 1.21. The number of nitrogens with one attached hydrogen (secondary N) is 1. The molecule has 6 nitrogen and oxygen atoms in total. The van der Waals surface area contributed by atoms with Crippen LogP contribution in [0.2, 0.25) is 0 Å². The lowest BCUT2D eigenvalue weighted by molar-refractivity contribution is 0.0953. The molecule has 2 bridgehead atoms. The number of hydrogen-bond donors (Lipinski definition) is 1. The maximum absolute atomic E-state index is 13.2. The van der Waals surface area contributed by atoms with E-state index in [0.717, 1.165) is 67.5 Å². The molecule has 1 amide bonds. The van der Waals surface area contributed by atoms with E-state index in [9.17, 15) is 4.79 Å². The van der Waals surface area contributed by atoms with Gasteiger partial charge < -0.3 is 19.5 Å². The number of carbonyl (C=O) groups is 1. The smallest absolute Gasteiger partial charge is 0.251 e. The summed E-state index contributed by atoms with van der Waals surface area (Å²) in [6.07, 6.45) is 8.61. The highest BCUT2D eigenvalue weighted by Gasteiger charge is 2.24. The van der Waals surface area contributed by atoms with Crippen molar-refractivity contribution < 1.29 is 19.0 Å². The summed E-state index contributed by atoms with van der Waals surface area (Å²) in [6, 6.07) is 20.9. The third-order valence-electron chi connectivity index (χ3n) is 8.24. The first-order valence-corrected chi connectivity index (χ1v) is 16.3. The second kappa shape index (κ2) is 15.8. The Morgan fingerprint density at radius 2 is 1.77 bits per heavy atom. The van der Waals surface area contributed by atoms with E-state index in [1.54, 1.807) is 0 Å². The normalized spacial score (nSPS) is 16.0. The number of rotatable bonds is 11. The fourth-order valence-electron chi connectivity index (χ4n) is 5.86. The van der Waals surface area contributed by atoms with Crippen molar-refractivity contribution in [3.8, 4) is 17.2 Å². The van der Waals surface area contributed by atoms with Gasteiger partial charge in [0.1, 0.15) is 5.75 Å². The Kier molecular flexibility index (Phi) is 11.4. The van der Waals surface area contributed by atoms with Crippen LogP contribution in [-0.2, 0) is 19.4 Å². The average molecular weight is 585 g/mol. The fraction of sp³-hybridized carbons (Fsp3) is 0.486. The number of hydrogen-bond acceptors (Lipinski definition) is 5. The summed E-state index contributed by atoms with van der Waals surface area (Å²) >= 11 is 0. The predicted octanol–water partition coefficient (Wildman–Crippen LogP) is 7.21. The molecule has 3 aromatic rings. The molecule has 0 atom stereocenters. The molecule has 5 rings (SSSR count). The monoisotopic (exact) mass is 584 g/mol. The van der Waals surface area contributed by atoms with Crippen LogP contribution < -0.4 is 19.5 Å². The van der Waals surface area contributed by atoms with Crippen LogP contribution in [0.3, 0.4) is 0 Å². The molecule has 0 unspecified atom stereocenters. The fourth-order valence-corrected chi connectivity index (χ4v) is 5.86. The third kappa shape index (κ3) is 9.49. The average Bonchev–Trinajstić information content (AvgIpc) is 3.83. The maximum Gasteiger partial charge on any atom is 0.251 e. The first-order chi connectivity index (χ1) is 21.1. The third-order valence-corrected chi connectivity index (χ3v) is 8.24. The summed E-state index contributed by atoms with van der Waals surface area (Å²) in [5, 5.41) is 3.12. The minimum Gasteiger partial charge on any atom is -0.493 e. The molecule has 1 aliphatic carbocycles. The zero-order valence-corrected chi connectivity index (χ0v) is 26.0. The van der Waals surface area contributed by atoms with Crippen LogP contribution in [0.1, 0.15) is 85.0 Å². The molecular formula is C37H48N2O4. The molecule has 230 valence electrons. The van der Waals surface area contributed by atoms with Crippen molar-refractivity contribution >= 4 is 5.91 Å². The van der Waals surface area contributed by atoms with Gasteiger partial charge in [-0.3, -0.25) is 9.69 Å². The Morgan fingerprint density at radius 3 is 2.60 bits per heavy atom. The number of fused-ring (bicyclic) bond motifs is 3. The summed E-state index contributed by atoms with van der Waals surface area (Å²) in [5.41, 5.74) is 5.53. The molecule has 0 aromatic heterocycles. The van der Waals surface area contributed by atoms with Crippen molar-refractivity contribution in [2.24, 2.45) is 5.92 Å². The minimum absolute atomic E-state index is 0.0478. The van der Waals surface area contributed by atoms with Crippen molar-refractivity contribution in [1.29, 1.82) is 0 Å². The Bertz CT molecular complexity index is 1340. The number of nitrogens with zero attached hydrogens (tertiary/aromatic N) is 1. The number of amides is 1. The molecule has 0 radical (unpaired) electrons. The zero-order valence-electron chi connectivity index (χ0n) is 26.0. The van der Waals surface area contributed by atoms with Gasteiger partial charge in [0.05, 0.1) is 19.8 Å². The number of ether oxygens (including phenoxy) is 3. The SMILES string of the molecule is CCOc1ccc(CCCNC(=O)c2ccc3c(c2)Cc2cccc(c2)CN(CC2CC2)CCCCCO3)cc1OCC. The van der Waals surface area contributed by atoms with Crippen molar-refractivity contribution in [3.05, 3.63) is 88.5 Å². The van der Waals surface area contributed by atoms with E-state index in [1.807, 2.05) is 44.2 Å². The lowest BCUT2D eigenvalue weighted by atomic mass is 9.99. The van der Waals surface area contributed by atoms with E-state index in [1.165, 1.54) is 48.9 Å². The van der Waals surface area contributed by atoms with Crippen molar-refractivity contribution in [2.45, 2.75) is 71.8 Å². The molecule has 6 heteroatoms. The van der Waals surface area contributed by atoms with Gasteiger partial charge in [-0.05, 0) is 124 Å². The highest BCUT2D eigenvalue weighted by Crippen LogP contribution is 2.31. The van der Waals surface area contributed by atoms with Gasteiger partial charge in [0, 0.05) is 31.6 Å². The first kappa shape index (κ1) is 30.9. The number of carbonyl (C=O) groups excluding carboxylic acids is 1. The van der Waals surface area contributed by atoms with Gasteiger partial charge in [0.25, 0.3) is 5.91 Å². The minimum atomic E-state index is -0.0478. The molecule has 0 spiro atoms. The Hall–Kier alpha value is -3.51. The van der Waals surface area contributed by atoms with Crippen LogP contribution in [0.5, 0.6) is 17.2 Å². The van der Waals surface area contributed by atoms with E-state index in [0.29, 0.717) is 31.9 Å². The summed E-state index contributed by atoms with van der Waals surface area (Å²) < 4.78 is 17.7. The van der Waals surface area contributed by atoms with Gasteiger partial charge in [-0.15, -0.1) is 0 Å². The highest BCUT2D eigenvalue weighted by molar-refractivity contribution is 5.94. The van der Waals surface area contributed by atoms with Gasteiger partial charge in [0.2, 0.25) is 0 Å². The number of aryl methyl sites for hydroxylation is 1. The van der Waals surface area contributed by atoms with E-state index in [4.69, 9.17) is 14.2 Å². The molecule has 1 saturated carbocycles. The quantitative estimate of drug-likeness (QED) is 0.241. The molecule has 0 saturated heterocycles. The molecular weight excluding hydrogens is 536 g/mol. The second-order valence-electron chi connectivity index (χ2n) is 11.9. The summed E-state index contributed by atoms with van der Waals surface area (Å²) in [7, 11) is 0. The van der Waals surface area contributed by atoms with Gasteiger partial charge in [-0.2, -0.15) is 0 Å². The van der Waals surface area contributed by atoms with Crippen LogP contribution in [0.15, 0.2) is 60.7 Å². The summed E-state index contributed by atoms with van der Waals surface area (Å²) in [5.74, 6) is 3.28. The molecule has 1 N–H and O–H groups in total. The molecule has 1 aliphatic heterocycles. The van der Waals surface area contributed by atoms with Crippen LogP contribution >= 0.6 is 0 Å². The molecule has 2 aliphatic rings. The van der Waals surface area contributed by atoms with Gasteiger partial charge in [0.15, 0.2) is 11.5 Å². The summed E-state index contributed by atoms with van der Waals surface area (Å²) in [4.78, 5) is 15.8. The second-order valence-corrected chi connectivity index (χ2v) is 11.9. The van der Waals surface area contributed by atoms with Crippen molar-refractivity contribution in [1.82, 2.24) is 10.2 Å². The maximum atomic E-state index is 13.2. The van der Waals surface area contributed by atoms with Crippen molar-refractivity contribution in [3.63, 3.8) is 0 Å². The van der Waals surface area contributed by atoms with E-state index in [2.05, 4.69) is 40.5 Å². The highest BCUT2D eigenvalue weighted by atomic mass is 16.5. The molecule has 1 heterocycles. The standard InChI is InChI=1S/C37H48N2O4/c1-3-41-35-17-15-28(24-36(35)42-4-2)12-9-19-38-37(40)32-16-18-34-33(25-32)23-30-10-8-11-31(22-30)27-39(26-29-13-14-29)20-6-5-7-21-43-34/h8,10-11,15-18,22,24-25,29H,3-7,9,12-14,19-21,23,26-27H2,1-2H3,(H,38,40). The number of benzene rings is 3. The topological polar surface area (TPSA) is 60.0 Å². The lowest BCUT2D eigenvalue weighted by Crippen LogP contribution is -2.27.